The molecule has 1 aliphatic carbocycles. The molecule has 0 saturated heterocycles. The van der Waals surface area contributed by atoms with Gasteiger partial charge in [-0.15, -0.1) is 0 Å². The van der Waals surface area contributed by atoms with E-state index in [4.69, 9.17) is 0 Å². The monoisotopic (exact) mass is 220 g/mol. The van der Waals surface area contributed by atoms with Gasteiger partial charge in [0.1, 0.15) is 0 Å². The highest BCUT2D eigenvalue weighted by atomic mass is 16.1. The van der Waals surface area contributed by atoms with Crippen LogP contribution in [0.25, 0.3) is 0 Å². The standard InChI is InChI=1S/C15H24O/c1-6-13(12(3)16)8-10-14-9-7-11(2)15(14,4)5/h7-8,14H,6,9-10H2,1-5H3/b13-8+. The van der Waals surface area contributed by atoms with Gasteiger partial charge in [-0.2, -0.15) is 0 Å². The Balaban J connectivity index is 2.68. The lowest BCUT2D eigenvalue weighted by atomic mass is 9.76. The highest BCUT2D eigenvalue weighted by Gasteiger charge is 2.33. The highest BCUT2D eigenvalue weighted by molar-refractivity contribution is 5.93. The summed E-state index contributed by atoms with van der Waals surface area (Å²) in [4.78, 5) is 11.3. The van der Waals surface area contributed by atoms with Crippen LogP contribution in [0.5, 0.6) is 0 Å². The first-order valence-corrected chi connectivity index (χ1v) is 6.26. The van der Waals surface area contributed by atoms with Gasteiger partial charge in [-0.05, 0) is 50.0 Å². The average Bonchev–Trinajstić information content (AvgIpc) is 2.44. The van der Waals surface area contributed by atoms with Crippen LogP contribution in [0.1, 0.15) is 53.9 Å². The zero-order valence-electron chi connectivity index (χ0n) is 11.3. The summed E-state index contributed by atoms with van der Waals surface area (Å²) < 4.78 is 0. The van der Waals surface area contributed by atoms with E-state index in [0.29, 0.717) is 11.3 Å². The van der Waals surface area contributed by atoms with Crippen LogP contribution in [0.15, 0.2) is 23.3 Å². The predicted octanol–water partition coefficient (Wildman–Crippen LogP) is 4.29. The summed E-state index contributed by atoms with van der Waals surface area (Å²) in [6.07, 6.45) is 7.54. The van der Waals surface area contributed by atoms with Crippen LogP contribution in [0.2, 0.25) is 0 Å². The fourth-order valence-corrected chi connectivity index (χ4v) is 2.41. The van der Waals surface area contributed by atoms with Crippen LogP contribution < -0.4 is 0 Å². The van der Waals surface area contributed by atoms with Gasteiger partial charge in [0.15, 0.2) is 5.78 Å². The minimum Gasteiger partial charge on any atom is -0.295 e. The van der Waals surface area contributed by atoms with Gasteiger partial charge < -0.3 is 0 Å². The maximum absolute atomic E-state index is 11.3. The molecule has 0 spiro atoms. The Bertz CT molecular complexity index is 331. The molecule has 1 unspecified atom stereocenters. The topological polar surface area (TPSA) is 17.1 Å². The van der Waals surface area contributed by atoms with Crippen molar-refractivity contribution in [1.29, 1.82) is 0 Å². The van der Waals surface area contributed by atoms with E-state index in [0.717, 1.165) is 24.8 Å². The van der Waals surface area contributed by atoms with E-state index in [2.05, 4.69) is 39.8 Å². The number of hydrogen-bond acceptors (Lipinski definition) is 1. The van der Waals surface area contributed by atoms with Crippen LogP contribution in [0, 0.1) is 11.3 Å². The molecule has 16 heavy (non-hydrogen) atoms. The van der Waals surface area contributed by atoms with E-state index in [1.807, 2.05) is 0 Å². The van der Waals surface area contributed by atoms with Crippen molar-refractivity contribution in [1.82, 2.24) is 0 Å². The Morgan fingerprint density at radius 1 is 1.56 bits per heavy atom. The van der Waals surface area contributed by atoms with Crippen LogP contribution in [0.4, 0.5) is 0 Å². The minimum atomic E-state index is 0.225. The van der Waals surface area contributed by atoms with E-state index < -0.39 is 0 Å². The lowest BCUT2D eigenvalue weighted by Gasteiger charge is -2.29. The number of ketones is 1. The number of carbonyl (C=O) groups excluding carboxylic acids is 1. The summed E-state index contributed by atoms with van der Waals surface area (Å²) in [5.41, 5.74) is 2.78. The maximum Gasteiger partial charge on any atom is 0.155 e. The molecule has 90 valence electrons. The van der Waals surface area contributed by atoms with E-state index in [1.54, 1.807) is 6.92 Å². The SMILES string of the molecule is CC/C(=C\CC1CC=C(C)C1(C)C)C(C)=O. The Labute approximate surface area is 99.6 Å². The molecular formula is C15H24O. The van der Waals surface area contributed by atoms with Gasteiger partial charge in [-0.1, -0.05) is 38.5 Å². The zero-order chi connectivity index (χ0) is 12.3. The van der Waals surface area contributed by atoms with E-state index in [1.165, 1.54) is 5.57 Å². The number of rotatable bonds is 4. The Hall–Kier alpha value is -0.850. The molecule has 0 radical (unpaired) electrons. The van der Waals surface area contributed by atoms with Gasteiger partial charge >= 0.3 is 0 Å². The minimum absolute atomic E-state index is 0.225. The summed E-state index contributed by atoms with van der Waals surface area (Å²) in [5, 5.41) is 0. The Morgan fingerprint density at radius 3 is 2.56 bits per heavy atom. The van der Waals surface area contributed by atoms with Crippen LogP contribution >= 0.6 is 0 Å². The molecule has 0 aromatic rings. The molecule has 0 aliphatic heterocycles. The Kier molecular flexibility index (Phi) is 4.12. The molecule has 0 bridgehead atoms. The second-order valence-electron chi connectivity index (χ2n) is 5.42. The second kappa shape index (κ2) is 4.99. The number of hydrogen-bond donors (Lipinski definition) is 0. The molecular weight excluding hydrogens is 196 g/mol. The van der Waals surface area contributed by atoms with Crippen molar-refractivity contribution < 1.29 is 4.79 Å². The summed E-state index contributed by atoms with van der Waals surface area (Å²) in [6, 6.07) is 0. The number of Topliss-reactive ketones (excluding diaryl/α,β-unsaturated/α-hetero) is 1. The highest BCUT2D eigenvalue weighted by Crippen LogP contribution is 2.44. The first kappa shape index (κ1) is 13.2. The van der Waals surface area contributed by atoms with Gasteiger partial charge in [0.25, 0.3) is 0 Å². The van der Waals surface area contributed by atoms with E-state index >= 15 is 0 Å². The molecule has 0 heterocycles. The normalized spacial score (nSPS) is 24.4. The van der Waals surface area contributed by atoms with Gasteiger partial charge in [0.2, 0.25) is 0 Å². The van der Waals surface area contributed by atoms with Gasteiger partial charge in [-0.25, -0.2) is 0 Å². The maximum atomic E-state index is 11.3. The number of carbonyl (C=O) groups is 1. The first-order valence-electron chi connectivity index (χ1n) is 6.26. The second-order valence-corrected chi connectivity index (χ2v) is 5.42. The summed E-state index contributed by atoms with van der Waals surface area (Å²) in [6.45, 7) is 10.6. The summed E-state index contributed by atoms with van der Waals surface area (Å²) in [5.74, 6) is 0.886. The molecule has 0 fully saturated rings. The van der Waals surface area contributed by atoms with E-state index in [-0.39, 0.29) is 5.78 Å². The third kappa shape index (κ3) is 2.63. The quantitative estimate of drug-likeness (QED) is 0.510. The van der Waals surface area contributed by atoms with Gasteiger partial charge in [0.05, 0.1) is 0 Å². The predicted molar refractivity (Wildman–Crippen MR) is 69.3 cm³/mol. The molecule has 0 saturated carbocycles. The fourth-order valence-electron chi connectivity index (χ4n) is 2.41. The van der Waals surface area contributed by atoms with Crippen LogP contribution in [-0.4, -0.2) is 5.78 Å². The van der Waals surface area contributed by atoms with Crippen molar-refractivity contribution in [2.75, 3.05) is 0 Å². The average molecular weight is 220 g/mol. The smallest absolute Gasteiger partial charge is 0.155 e. The van der Waals surface area contributed by atoms with Crippen molar-refractivity contribution in [3.05, 3.63) is 23.3 Å². The molecule has 1 atom stereocenters. The lowest BCUT2D eigenvalue weighted by molar-refractivity contribution is -0.113. The van der Waals surface area contributed by atoms with Crippen molar-refractivity contribution in [3.8, 4) is 0 Å². The third-order valence-electron chi connectivity index (χ3n) is 4.23. The summed E-state index contributed by atoms with van der Waals surface area (Å²) >= 11 is 0. The first-order chi connectivity index (χ1) is 7.39. The van der Waals surface area contributed by atoms with Crippen molar-refractivity contribution in [2.45, 2.75) is 53.9 Å². The molecule has 0 N–H and O–H groups in total. The molecule has 1 rings (SSSR count). The van der Waals surface area contributed by atoms with Gasteiger partial charge in [-0.3, -0.25) is 4.79 Å². The number of allylic oxidation sites excluding steroid dienone is 4. The third-order valence-corrected chi connectivity index (χ3v) is 4.23. The fraction of sp³-hybridized carbons (Fsp3) is 0.667. The van der Waals surface area contributed by atoms with Gasteiger partial charge in [0, 0.05) is 0 Å². The zero-order valence-corrected chi connectivity index (χ0v) is 11.3. The van der Waals surface area contributed by atoms with Crippen molar-refractivity contribution in [2.24, 2.45) is 11.3 Å². The largest absolute Gasteiger partial charge is 0.295 e. The molecule has 1 nitrogen and oxygen atoms in total. The van der Waals surface area contributed by atoms with Crippen LogP contribution in [-0.2, 0) is 4.79 Å². The Morgan fingerprint density at radius 2 is 2.19 bits per heavy atom. The van der Waals surface area contributed by atoms with Crippen molar-refractivity contribution in [3.63, 3.8) is 0 Å². The molecule has 0 amide bonds. The van der Waals surface area contributed by atoms with Crippen molar-refractivity contribution >= 4 is 5.78 Å². The molecule has 1 heteroatoms. The molecule has 0 aromatic heterocycles. The molecule has 0 aromatic carbocycles. The molecule has 1 aliphatic rings. The summed E-state index contributed by atoms with van der Waals surface area (Å²) in [7, 11) is 0. The van der Waals surface area contributed by atoms with E-state index in [9.17, 15) is 4.79 Å². The lowest BCUT2D eigenvalue weighted by Crippen LogP contribution is -2.20. The van der Waals surface area contributed by atoms with Crippen LogP contribution in [0.3, 0.4) is 0 Å².